The molecule has 4 amide bonds. The van der Waals surface area contributed by atoms with Gasteiger partial charge in [0.25, 0.3) is 11.1 Å². The predicted octanol–water partition coefficient (Wildman–Crippen LogP) is 4.58. The molecule has 0 aromatic heterocycles. The number of imide groups is 1. The number of amides is 4. The van der Waals surface area contributed by atoms with Crippen LogP contribution in [0.25, 0.3) is 6.08 Å². The van der Waals surface area contributed by atoms with Gasteiger partial charge < -0.3 is 19.5 Å². The van der Waals surface area contributed by atoms with Gasteiger partial charge in [-0.15, -0.1) is 0 Å². The molecule has 2 N–H and O–H groups in total. The van der Waals surface area contributed by atoms with Crippen LogP contribution in [-0.2, 0) is 23.9 Å². The molecule has 0 aliphatic carbocycles. The quantitative estimate of drug-likeness (QED) is 0.332. The van der Waals surface area contributed by atoms with Gasteiger partial charge in [-0.25, -0.2) is 4.79 Å². The summed E-state index contributed by atoms with van der Waals surface area (Å²) < 4.78 is 16.3. The number of likely N-dealkylation sites (tertiary alicyclic amines) is 1. The molecule has 2 aromatic carbocycles. The molecule has 2 heterocycles. The molecule has 2 aliphatic rings. The molecule has 0 saturated carbocycles. The lowest BCUT2D eigenvalue weighted by molar-refractivity contribution is -0.142. The van der Waals surface area contributed by atoms with E-state index in [0.29, 0.717) is 41.4 Å². The fraction of sp³-hybridized carbons (Fsp3) is 0.367. The van der Waals surface area contributed by atoms with Gasteiger partial charge in [-0.05, 0) is 86.8 Å². The number of methoxy groups -OCH3 is 1. The maximum atomic E-state index is 13.0. The molecule has 12 heteroatoms. The fourth-order valence-electron chi connectivity index (χ4n) is 4.49. The number of nitrogens with one attached hydrogen (secondary N) is 2. The second kappa shape index (κ2) is 13.1. The highest BCUT2D eigenvalue weighted by Gasteiger charge is 2.37. The van der Waals surface area contributed by atoms with E-state index in [4.69, 9.17) is 14.2 Å². The van der Waals surface area contributed by atoms with E-state index in [-0.39, 0.29) is 12.5 Å². The van der Waals surface area contributed by atoms with E-state index in [2.05, 4.69) is 10.6 Å². The number of rotatable bonds is 8. The van der Waals surface area contributed by atoms with Gasteiger partial charge in [0.2, 0.25) is 5.91 Å². The fourth-order valence-corrected chi connectivity index (χ4v) is 5.17. The molecule has 0 radical (unpaired) electrons. The first-order valence-electron chi connectivity index (χ1n) is 13.4. The third-order valence-corrected chi connectivity index (χ3v) is 7.30. The van der Waals surface area contributed by atoms with E-state index in [0.717, 1.165) is 17.3 Å². The van der Waals surface area contributed by atoms with E-state index >= 15 is 0 Å². The summed E-state index contributed by atoms with van der Waals surface area (Å²) in [5.74, 6) is -0.990. The molecular formula is C30H33N3O8S. The normalized spacial score (nSPS) is 18.4. The smallest absolute Gasteiger partial charge is 0.410 e. The van der Waals surface area contributed by atoms with Gasteiger partial charge in [0.15, 0.2) is 0 Å². The van der Waals surface area contributed by atoms with Crippen LogP contribution in [0.15, 0.2) is 53.4 Å². The van der Waals surface area contributed by atoms with Gasteiger partial charge in [0.05, 0.1) is 17.9 Å². The highest BCUT2D eigenvalue weighted by atomic mass is 32.2. The Hall–Kier alpha value is -4.32. The molecule has 2 saturated heterocycles. The van der Waals surface area contributed by atoms with Crippen molar-refractivity contribution in [2.45, 2.75) is 51.2 Å². The topological polar surface area (TPSA) is 140 Å². The summed E-state index contributed by atoms with van der Waals surface area (Å²) in [6, 6.07) is 13.2. The number of thioether (sulfide) groups is 1. The van der Waals surface area contributed by atoms with Crippen LogP contribution in [0.2, 0.25) is 0 Å². The predicted molar refractivity (Wildman–Crippen MR) is 156 cm³/mol. The first-order valence-corrected chi connectivity index (χ1v) is 14.2. The number of esters is 1. The van der Waals surface area contributed by atoms with Crippen molar-refractivity contribution in [2.24, 2.45) is 0 Å². The Morgan fingerprint density at radius 2 is 1.71 bits per heavy atom. The minimum absolute atomic E-state index is 0.0107. The molecule has 2 aliphatic heterocycles. The average Bonchev–Trinajstić information content (AvgIpc) is 3.55. The Balaban J connectivity index is 1.37. The highest BCUT2D eigenvalue weighted by molar-refractivity contribution is 8.18. The van der Waals surface area contributed by atoms with Crippen molar-refractivity contribution in [3.63, 3.8) is 0 Å². The van der Waals surface area contributed by atoms with Crippen LogP contribution < -0.4 is 15.4 Å². The minimum atomic E-state index is -0.769. The highest BCUT2D eigenvalue weighted by Crippen LogP contribution is 2.28. The molecule has 2 aromatic rings. The Kier molecular flexibility index (Phi) is 9.56. The number of hydrogen-bond donors (Lipinski definition) is 2. The Bertz CT molecular complexity index is 1380. The molecule has 4 rings (SSSR count). The summed E-state index contributed by atoms with van der Waals surface area (Å²) in [6.45, 7) is 5.72. The summed E-state index contributed by atoms with van der Waals surface area (Å²) in [6.07, 6.45) is 2.27. The van der Waals surface area contributed by atoms with Crippen LogP contribution in [0.5, 0.6) is 11.5 Å². The molecule has 0 bridgehead atoms. The number of ether oxygens (including phenoxy) is 3. The molecule has 2 fully saturated rings. The number of nitrogens with zero attached hydrogens (tertiary/aromatic N) is 1. The van der Waals surface area contributed by atoms with Crippen LogP contribution in [0.1, 0.15) is 50.7 Å². The molecule has 2 unspecified atom stereocenters. The lowest BCUT2D eigenvalue weighted by Gasteiger charge is -2.28. The van der Waals surface area contributed by atoms with Crippen molar-refractivity contribution in [1.29, 1.82) is 0 Å². The zero-order chi connectivity index (χ0) is 30.4. The summed E-state index contributed by atoms with van der Waals surface area (Å²) >= 11 is 0.850. The second-order valence-electron chi connectivity index (χ2n) is 10.7. The number of carbonyl (C=O) groups excluding carboxylic acids is 5. The van der Waals surface area contributed by atoms with E-state index in [1.54, 1.807) is 75.4 Å². The second-order valence-corrected chi connectivity index (χ2v) is 11.8. The summed E-state index contributed by atoms with van der Waals surface area (Å²) in [5.41, 5.74) is 0.679. The Labute approximate surface area is 247 Å². The van der Waals surface area contributed by atoms with Crippen LogP contribution in [-0.4, -0.2) is 65.9 Å². The van der Waals surface area contributed by atoms with Crippen LogP contribution in [0, 0.1) is 0 Å². The maximum Gasteiger partial charge on any atom is 0.410 e. The SMILES string of the molecule is COC(=O)C(CNC(=O)C1CCCN1C(=O)OC(C)(C)C)c1ccc(Oc2ccc(C=C3SC(=O)NC3=O)cc2)cc1. The number of hydrogen-bond acceptors (Lipinski definition) is 9. The standard InChI is InChI=1S/C30H33N3O8S/c1-30(2,3)41-29(38)33-15-5-6-23(33)25(34)31-17-22(27(36)39-4)19-9-13-21(14-10-19)40-20-11-7-18(8-12-20)16-24-26(35)32-28(37)42-24/h7-14,16,22-23H,5-6,15,17H2,1-4H3,(H,31,34)(H,32,35,37). The maximum absolute atomic E-state index is 13.0. The van der Waals surface area contributed by atoms with Crippen molar-refractivity contribution >= 4 is 47.0 Å². The van der Waals surface area contributed by atoms with Gasteiger partial charge in [-0.3, -0.25) is 29.4 Å². The molecular weight excluding hydrogens is 562 g/mol. The molecule has 11 nitrogen and oxygen atoms in total. The monoisotopic (exact) mass is 595 g/mol. The Morgan fingerprint density at radius 3 is 2.29 bits per heavy atom. The van der Waals surface area contributed by atoms with Crippen molar-refractivity contribution in [2.75, 3.05) is 20.2 Å². The van der Waals surface area contributed by atoms with E-state index < -0.39 is 40.8 Å². The van der Waals surface area contributed by atoms with Gasteiger partial charge in [-0.1, -0.05) is 24.3 Å². The summed E-state index contributed by atoms with van der Waals surface area (Å²) in [7, 11) is 1.28. The lowest BCUT2D eigenvalue weighted by Crippen LogP contribution is -2.48. The van der Waals surface area contributed by atoms with Gasteiger partial charge in [-0.2, -0.15) is 0 Å². The van der Waals surface area contributed by atoms with Crippen molar-refractivity contribution in [1.82, 2.24) is 15.5 Å². The molecule has 2 atom stereocenters. The third-order valence-electron chi connectivity index (χ3n) is 6.49. The third kappa shape index (κ3) is 7.90. The number of benzene rings is 2. The van der Waals surface area contributed by atoms with E-state index in [1.165, 1.54) is 12.0 Å². The zero-order valence-electron chi connectivity index (χ0n) is 23.8. The largest absolute Gasteiger partial charge is 0.468 e. The van der Waals surface area contributed by atoms with Gasteiger partial charge >= 0.3 is 12.1 Å². The van der Waals surface area contributed by atoms with E-state index in [9.17, 15) is 24.0 Å². The first kappa shape index (κ1) is 30.6. The molecule has 42 heavy (non-hydrogen) atoms. The van der Waals surface area contributed by atoms with Crippen LogP contribution in [0.4, 0.5) is 9.59 Å². The van der Waals surface area contributed by atoms with Crippen molar-refractivity contribution < 1.29 is 38.2 Å². The first-order chi connectivity index (χ1) is 19.9. The molecule has 222 valence electrons. The lowest BCUT2D eigenvalue weighted by atomic mass is 9.98. The average molecular weight is 596 g/mol. The van der Waals surface area contributed by atoms with Crippen molar-refractivity contribution in [3.8, 4) is 11.5 Å². The Morgan fingerprint density at radius 1 is 1.07 bits per heavy atom. The van der Waals surface area contributed by atoms with E-state index in [1.807, 2.05) is 0 Å². The summed E-state index contributed by atoms with van der Waals surface area (Å²) in [5, 5.41) is 4.62. The van der Waals surface area contributed by atoms with Gasteiger partial charge in [0, 0.05) is 13.1 Å². The summed E-state index contributed by atoms with van der Waals surface area (Å²) in [4.78, 5) is 63.0. The van der Waals surface area contributed by atoms with Crippen molar-refractivity contribution in [3.05, 3.63) is 64.6 Å². The van der Waals surface area contributed by atoms with Crippen LogP contribution >= 0.6 is 11.8 Å². The zero-order valence-corrected chi connectivity index (χ0v) is 24.6. The van der Waals surface area contributed by atoms with Crippen LogP contribution in [0.3, 0.4) is 0 Å². The molecule has 0 spiro atoms. The minimum Gasteiger partial charge on any atom is -0.468 e. The van der Waals surface area contributed by atoms with Gasteiger partial charge in [0.1, 0.15) is 23.1 Å². The number of carbonyl (C=O) groups is 5.